The lowest BCUT2D eigenvalue weighted by Crippen LogP contribution is -2.44. The molecule has 19 heavy (non-hydrogen) atoms. The number of hydrogen-bond donors (Lipinski definition) is 1. The summed E-state index contributed by atoms with van der Waals surface area (Å²) in [7, 11) is 2.06. The lowest BCUT2D eigenvalue weighted by Gasteiger charge is -2.36. The van der Waals surface area contributed by atoms with Gasteiger partial charge in [0.2, 0.25) is 5.91 Å². The molecule has 0 bridgehead atoms. The van der Waals surface area contributed by atoms with Crippen LogP contribution in [0.2, 0.25) is 5.02 Å². The zero-order valence-corrected chi connectivity index (χ0v) is 12.0. The van der Waals surface area contributed by atoms with Crippen molar-refractivity contribution in [1.82, 2.24) is 0 Å². The van der Waals surface area contributed by atoms with Gasteiger partial charge >= 0.3 is 0 Å². The van der Waals surface area contributed by atoms with Crippen molar-refractivity contribution in [2.24, 2.45) is 5.41 Å². The Kier molecular flexibility index (Phi) is 3.17. The van der Waals surface area contributed by atoms with E-state index in [1.165, 1.54) is 6.42 Å². The molecule has 0 saturated heterocycles. The van der Waals surface area contributed by atoms with E-state index < -0.39 is 0 Å². The highest BCUT2D eigenvalue weighted by atomic mass is 35.5. The Labute approximate surface area is 118 Å². The van der Waals surface area contributed by atoms with E-state index in [2.05, 4.69) is 17.3 Å². The number of amides is 1. The third kappa shape index (κ3) is 2.20. The van der Waals surface area contributed by atoms with Crippen molar-refractivity contribution in [3.05, 3.63) is 23.2 Å². The molecule has 1 aliphatic carbocycles. The number of hydrogen-bond acceptors (Lipinski definition) is 2. The lowest BCUT2D eigenvalue weighted by atomic mass is 9.73. The quantitative estimate of drug-likeness (QED) is 0.785. The number of benzene rings is 1. The Morgan fingerprint density at radius 2 is 2.00 bits per heavy atom. The fraction of sp³-hybridized carbons (Fsp3) is 0.533. The first-order valence-corrected chi connectivity index (χ1v) is 7.31. The molecule has 1 aromatic rings. The molecule has 1 amide bonds. The molecule has 1 spiro atoms. The van der Waals surface area contributed by atoms with Crippen LogP contribution in [-0.2, 0) is 4.79 Å². The van der Waals surface area contributed by atoms with E-state index in [-0.39, 0.29) is 11.3 Å². The minimum Gasteiger partial charge on any atom is -0.372 e. The van der Waals surface area contributed by atoms with Gasteiger partial charge in [-0.2, -0.15) is 0 Å². The van der Waals surface area contributed by atoms with Gasteiger partial charge in [0.05, 0.1) is 16.8 Å². The van der Waals surface area contributed by atoms with Crippen molar-refractivity contribution >= 4 is 28.9 Å². The summed E-state index contributed by atoms with van der Waals surface area (Å²) in [4.78, 5) is 14.8. The molecule has 1 saturated carbocycles. The van der Waals surface area contributed by atoms with Gasteiger partial charge in [-0.25, -0.2) is 0 Å². The summed E-state index contributed by atoms with van der Waals surface area (Å²) in [5, 5.41) is 3.75. The Hall–Kier alpha value is -1.22. The maximum atomic E-state index is 12.6. The molecule has 0 unspecified atom stereocenters. The Bertz CT molecular complexity index is 509. The number of nitrogens with zero attached hydrogens (tertiary/aromatic N) is 1. The Morgan fingerprint density at radius 3 is 2.74 bits per heavy atom. The molecule has 3 rings (SSSR count). The Balaban J connectivity index is 1.99. The molecule has 1 N–H and O–H groups in total. The average Bonchev–Trinajstić information content (AvgIpc) is 2.47. The fourth-order valence-electron chi connectivity index (χ4n) is 3.42. The van der Waals surface area contributed by atoms with E-state index in [4.69, 9.17) is 11.6 Å². The first kappa shape index (κ1) is 12.8. The van der Waals surface area contributed by atoms with E-state index in [9.17, 15) is 4.79 Å². The number of halogens is 1. The van der Waals surface area contributed by atoms with Crippen LogP contribution in [0, 0.1) is 5.41 Å². The summed E-state index contributed by atoms with van der Waals surface area (Å²) in [6.07, 6.45) is 5.53. The van der Waals surface area contributed by atoms with Crippen LogP contribution in [0.4, 0.5) is 11.4 Å². The van der Waals surface area contributed by atoms with Crippen LogP contribution in [0.5, 0.6) is 0 Å². The highest BCUT2D eigenvalue weighted by Crippen LogP contribution is 2.42. The SMILES string of the molecule is CN1CC2(CCCCC2)C(=O)Nc2cc(Cl)ccc21. The van der Waals surface area contributed by atoms with E-state index in [0.717, 1.165) is 43.6 Å². The predicted octanol–water partition coefficient (Wildman–Crippen LogP) is 3.68. The van der Waals surface area contributed by atoms with Gasteiger partial charge in [-0.1, -0.05) is 30.9 Å². The molecule has 2 aliphatic rings. The number of carbonyl (C=O) groups excluding carboxylic acids is 1. The van der Waals surface area contributed by atoms with Crippen LogP contribution >= 0.6 is 11.6 Å². The van der Waals surface area contributed by atoms with Crippen LogP contribution in [0.25, 0.3) is 0 Å². The summed E-state index contributed by atoms with van der Waals surface area (Å²) in [5.41, 5.74) is 1.67. The topological polar surface area (TPSA) is 32.3 Å². The second kappa shape index (κ2) is 4.71. The minimum absolute atomic E-state index is 0.167. The molecule has 4 heteroatoms. The van der Waals surface area contributed by atoms with E-state index in [1.807, 2.05) is 18.2 Å². The van der Waals surface area contributed by atoms with Crippen molar-refractivity contribution in [3.63, 3.8) is 0 Å². The van der Waals surface area contributed by atoms with Crippen LogP contribution in [0.15, 0.2) is 18.2 Å². The van der Waals surface area contributed by atoms with Gasteiger partial charge in [0, 0.05) is 18.6 Å². The summed E-state index contributed by atoms with van der Waals surface area (Å²) in [5.74, 6) is 0.167. The predicted molar refractivity (Wildman–Crippen MR) is 78.9 cm³/mol. The number of rotatable bonds is 0. The van der Waals surface area contributed by atoms with E-state index in [0.29, 0.717) is 5.02 Å². The maximum absolute atomic E-state index is 12.6. The van der Waals surface area contributed by atoms with Crippen molar-refractivity contribution in [2.45, 2.75) is 32.1 Å². The number of carbonyl (C=O) groups is 1. The van der Waals surface area contributed by atoms with E-state index >= 15 is 0 Å². The molecule has 0 atom stereocenters. The molecule has 3 nitrogen and oxygen atoms in total. The van der Waals surface area contributed by atoms with Gasteiger partial charge in [0.15, 0.2) is 0 Å². The number of anilines is 2. The van der Waals surface area contributed by atoms with Gasteiger partial charge in [-0.3, -0.25) is 4.79 Å². The molecular weight excluding hydrogens is 260 g/mol. The fourth-order valence-corrected chi connectivity index (χ4v) is 3.59. The molecule has 0 aromatic heterocycles. The first-order chi connectivity index (χ1) is 9.11. The molecule has 1 aromatic carbocycles. The van der Waals surface area contributed by atoms with Gasteiger partial charge in [0.1, 0.15) is 0 Å². The largest absolute Gasteiger partial charge is 0.372 e. The van der Waals surface area contributed by atoms with Crippen molar-refractivity contribution in [1.29, 1.82) is 0 Å². The minimum atomic E-state index is -0.224. The maximum Gasteiger partial charge on any atom is 0.232 e. The zero-order chi connectivity index (χ0) is 13.5. The highest BCUT2D eigenvalue weighted by molar-refractivity contribution is 6.31. The first-order valence-electron chi connectivity index (χ1n) is 6.93. The standard InChI is InChI=1S/C15H19ClN2O/c1-18-10-15(7-3-2-4-8-15)14(19)17-12-9-11(16)5-6-13(12)18/h5-6,9H,2-4,7-8,10H2,1H3,(H,17,19). The van der Waals surface area contributed by atoms with Crippen LogP contribution in [-0.4, -0.2) is 19.5 Å². The molecular formula is C15H19ClN2O. The van der Waals surface area contributed by atoms with Crippen LogP contribution < -0.4 is 10.2 Å². The average molecular weight is 279 g/mol. The van der Waals surface area contributed by atoms with Crippen LogP contribution in [0.3, 0.4) is 0 Å². The second-order valence-electron chi connectivity index (χ2n) is 5.81. The van der Waals surface area contributed by atoms with Gasteiger partial charge in [-0.05, 0) is 31.0 Å². The second-order valence-corrected chi connectivity index (χ2v) is 6.25. The molecule has 1 fully saturated rings. The smallest absolute Gasteiger partial charge is 0.232 e. The number of fused-ring (bicyclic) bond motifs is 1. The highest BCUT2D eigenvalue weighted by Gasteiger charge is 2.42. The van der Waals surface area contributed by atoms with Crippen molar-refractivity contribution < 1.29 is 4.79 Å². The lowest BCUT2D eigenvalue weighted by molar-refractivity contribution is -0.126. The monoisotopic (exact) mass is 278 g/mol. The van der Waals surface area contributed by atoms with Gasteiger partial charge in [0.25, 0.3) is 0 Å². The molecule has 102 valence electrons. The van der Waals surface area contributed by atoms with Crippen molar-refractivity contribution in [3.8, 4) is 0 Å². The third-order valence-corrected chi connectivity index (χ3v) is 4.69. The summed E-state index contributed by atoms with van der Waals surface area (Å²) in [6.45, 7) is 0.799. The molecule has 1 aliphatic heterocycles. The normalized spacial score (nSPS) is 21.8. The molecule has 1 heterocycles. The summed E-state index contributed by atoms with van der Waals surface area (Å²) >= 11 is 6.03. The Morgan fingerprint density at radius 1 is 1.26 bits per heavy atom. The van der Waals surface area contributed by atoms with Crippen molar-refractivity contribution in [2.75, 3.05) is 23.8 Å². The number of nitrogens with one attached hydrogen (secondary N) is 1. The molecule has 0 radical (unpaired) electrons. The third-order valence-electron chi connectivity index (χ3n) is 4.45. The van der Waals surface area contributed by atoms with E-state index in [1.54, 1.807) is 0 Å². The van der Waals surface area contributed by atoms with Gasteiger partial charge in [-0.15, -0.1) is 0 Å². The van der Waals surface area contributed by atoms with Crippen LogP contribution in [0.1, 0.15) is 32.1 Å². The summed E-state index contributed by atoms with van der Waals surface area (Å²) in [6, 6.07) is 5.70. The van der Waals surface area contributed by atoms with Gasteiger partial charge < -0.3 is 10.2 Å². The zero-order valence-electron chi connectivity index (χ0n) is 11.2. The summed E-state index contributed by atoms with van der Waals surface area (Å²) < 4.78 is 0.